The largest absolute Gasteiger partial charge is 0.462 e. The van der Waals surface area contributed by atoms with Crippen molar-refractivity contribution in [1.82, 2.24) is 0 Å². The Kier molecular flexibility index (Phi) is 10.7. The lowest BCUT2D eigenvalue weighted by Gasteiger charge is -2.41. The van der Waals surface area contributed by atoms with E-state index in [9.17, 15) is 4.79 Å². The fourth-order valence-corrected chi connectivity index (χ4v) is 7.25. The van der Waals surface area contributed by atoms with Gasteiger partial charge in [0.15, 0.2) is 0 Å². The lowest BCUT2D eigenvalue weighted by atomic mass is 9.64. The number of rotatable bonds is 10. The number of esters is 1. The van der Waals surface area contributed by atoms with Crippen molar-refractivity contribution in [2.45, 2.75) is 142 Å². The number of ether oxygens (including phenoxy) is 1. The molecule has 0 aromatic carbocycles. The van der Waals surface area contributed by atoms with E-state index in [1.54, 1.807) is 0 Å². The van der Waals surface area contributed by atoms with E-state index in [0.29, 0.717) is 0 Å². The van der Waals surface area contributed by atoms with Crippen molar-refractivity contribution in [1.29, 1.82) is 0 Å². The van der Waals surface area contributed by atoms with Crippen LogP contribution in [0, 0.1) is 35.5 Å². The summed E-state index contributed by atoms with van der Waals surface area (Å²) in [5.41, 5.74) is 0. The molecule has 3 atom stereocenters. The van der Waals surface area contributed by atoms with Gasteiger partial charge < -0.3 is 4.74 Å². The molecule has 0 aliphatic heterocycles. The third kappa shape index (κ3) is 7.78. The van der Waals surface area contributed by atoms with Crippen molar-refractivity contribution < 1.29 is 9.53 Å². The predicted octanol–water partition coefficient (Wildman–Crippen LogP) is 8.72. The maximum atomic E-state index is 12.8. The Morgan fingerprint density at radius 2 is 1.39 bits per heavy atom. The van der Waals surface area contributed by atoms with E-state index in [4.69, 9.17) is 4.74 Å². The Hall–Kier alpha value is -0.530. The van der Waals surface area contributed by atoms with Gasteiger partial charge in [-0.1, -0.05) is 72.1 Å². The molecule has 3 rings (SSSR count). The lowest BCUT2D eigenvalue weighted by molar-refractivity contribution is -0.157. The van der Waals surface area contributed by atoms with Gasteiger partial charge in [-0.15, -0.1) is 0 Å². The van der Waals surface area contributed by atoms with Crippen LogP contribution in [0.25, 0.3) is 0 Å². The smallest absolute Gasteiger partial charge is 0.309 e. The highest BCUT2D eigenvalue weighted by atomic mass is 16.5. The third-order valence-corrected chi connectivity index (χ3v) is 9.31. The van der Waals surface area contributed by atoms with Gasteiger partial charge in [0.25, 0.3) is 0 Å². The summed E-state index contributed by atoms with van der Waals surface area (Å²) in [6.07, 6.45) is 23.7. The highest BCUT2D eigenvalue weighted by molar-refractivity contribution is 5.72. The normalized spacial score (nSPS) is 36.8. The summed E-state index contributed by atoms with van der Waals surface area (Å²) >= 11 is 0. The molecular formula is C29H52O2. The molecule has 0 bridgehead atoms. The monoisotopic (exact) mass is 432 g/mol. The lowest BCUT2D eigenvalue weighted by Crippen LogP contribution is -2.34. The predicted molar refractivity (Wildman–Crippen MR) is 131 cm³/mol. The van der Waals surface area contributed by atoms with E-state index in [1.165, 1.54) is 89.9 Å². The van der Waals surface area contributed by atoms with Crippen LogP contribution in [0.3, 0.4) is 0 Å². The molecule has 3 saturated carbocycles. The zero-order valence-electron chi connectivity index (χ0n) is 21.1. The molecule has 3 aliphatic carbocycles. The number of unbranched alkanes of at least 4 members (excludes halogenated alkanes) is 3. The molecular weight excluding hydrogens is 380 g/mol. The zero-order chi connectivity index (χ0) is 22.1. The molecule has 0 aromatic rings. The second-order valence-corrected chi connectivity index (χ2v) is 11.6. The van der Waals surface area contributed by atoms with Gasteiger partial charge in [0.2, 0.25) is 0 Å². The summed E-state index contributed by atoms with van der Waals surface area (Å²) in [6.45, 7) is 7.11. The number of hydrogen-bond acceptors (Lipinski definition) is 2. The van der Waals surface area contributed by atoms with E-state index < -0.39 is 0 Å². The first kappa shape index (κ1) is 25.1. The molecule has 0 N–H and O–H groups in total. The van der Waals surface area contributed by atoms with Gasteiger partial charge in [0, 0.05) is 0 Å². The molecule has 2 heteroatoms. The molecule has 31 heavy (non-hydrogen) atoms. The SMILES string of the molecule is CCCCCC1CCC(OC(=O)C2CCC(C3CCC(CCCC)CC3C)CC2)CC1. The number of carbonyl (C=O) groups is 1. The molecule has 0 saturated heterocycles. The quantitative estimate of drug-likeness (QED) is 0.255. The van der Waals surface area contributed by atoms with Gasteiger partial charge in [0.05, 0.1) is 5.92 Å². The van der Waals surface area contributed by atoms with Crippen molar-refractivity contribution >= 4 is 5.97 Å². The van der Waals surface area contributed by atoms with Crippen LogP contribution in [0.5, 0.6) is 0 Å². The highest BCUT2D eigenvalue weighted by Gasteiger charge is 2.37. The molecule has 2 nitrogen and oxygen atoms in total. The van der Waals surface area contributed by atoms with Crippen LogP contribution in [0.1, 0.15) is 136 Å². The summed E-state index contributed by atoms with van der Waals surface area (Å²) < 4.78 is 6.02. The van der Waals surface area contributed by atoms with Gasteiger partial charge in [-0.3, -0.25) is 4.79 Å². The summed E-state index contributed by atoms with van der Waals surface area (Å²) in [5.74, 6) is 4.87. The molecule has 3 unspecified atom stereocenters. The second-order valence-electron chi connectivity index (χ2n) is 11.6. The van der Waals surface area contributed by atoms with Gasteiger partial charge >= 0.3 is 5.97 Å². The summed E-state index contributed by atoms with van der Waals surface area (Å²) in [6, 6.07) is 0. The molecule has 0 aromatic heterocycles. The third-order valence-electron chi connectivity index (χ3n) is 9.31. The van der Waals surface area contributed by atoms with Crippen molar-refractivity contribution in [3.63, 3.8) is 0 Å². The molecule has 180 valence electrons. The maximum Gasteiger partial charge on any atom is 0.309 e. The minimum absolute atomic E-state index is 0.143. The minimum Gasteiger partial charge on any atom is -0.462 e. The number of carbonyl (C=O) groups excluding carboxylic acids is 1. The Balaban J connectivity index is 1.33. The average molecular weight is 433 g/mol. The van der Waals surface area contributed by atoms with Crippen molar-refractivity contribution in [3.8, 4) is 0 Å². The first-order valence-electron chi connectivity index (χ1n) is 14.3. The second kappa shape index (κ2) is 13.2. The van der Waals surface area contributed by atoms with Crippen molar-refractivity contribution in [3.05, 3.63) is 0 Å². The standard InChI is InChI=1S/C29H52O2/c1-4-6-8-10-23-11-18-27(19-12-23)31-29(30)26-16-14-25(15-17-26)28-20-13-24(9-7-5-2)21-22(28)3/h22-28H,4-21H2,1-3H3. The van der Waals surface area contributed by atoms with Crippen LogP contribution >= 0.6 is 0 Å². The fourth-order valence-electron chi connectivity index (χ4n) is 7.25. The van der Waals surface area contributed by atoms with E-state index >= 15 is 0 Å². The highest BCUT2D eigenvalue weighted by Crippen LogP contribution is 2.45. The first-order valence-corrected chi connectivity index (χ1v) is 14.3. The topological polar surface area (TPSA) is 26.3 Å². The Bertz CT molecular complexity index is 499. The van der Waals surface area contributed by atoms with Crippen LogP contribution in [0.4, 0.5) is 0 Å². The van der Waals surface area contributed by atoms with Crippen LogP contribution in [0.2, 0.25) is 0 Å². The maximum absolute atomic E-state index is 12.8. The average Bonchev–Trinajstić information content (AvgIpc) is 2.79. The van der Waals surface area contributed by atoms with Crippen LogP contribution in [-0.2, 0) is 9.53 Å². The van der Waals surface area contributed by atoms with E-state index in [-0.39, 0.29) is 18.0 Å². The zero-order valence-corrected chi connectivity index (χ0v) is 21.1. The van der Waals surface area contributed by atoms with Crippen molar-refractivity contribution in [2.24, 2.45) is 35.5 Å². The van der Waals surface area contributed by atoms with Gasteiger partial charge in [0.1, 0.15) is 6.10 Å². The van der Waals surface area contributed by atoms with E-state index in [0.717, 1.165) is 55.3 Å². The fraction of sp³-hybridized carbons (Fsp3) is 0.966. The van der Waals surface area contributed by atoms with Crippen LogP contribution in [-0.4, -0.2) is 12.1 Å². The Morgan fingerprint density at radius 1 is 0.742 bits per heavy atom. The Labute approximate surface area is 193 Å². The molecule has 0 amide bonds. The first-order chi connectivity index (χ1) is 15.1. The molecule has 3 aliphatic rings. The number of hydrogen-bond donors (Lipinski definition) is 0. The van der Waals surface area contributed by atoms with Gasteiger partial charge in [-0.25, -0.2) is 0 Å². The summed E-state index contributed by atoms with van der Waals surface area (Å²) in [7, 11) is 0. The molecule has 0 spiro atoms. The van der Waals surface area contributed by atoms with Crippen LogP contribution in [0.15, 0.2) is 0 Å². The molecule has 3 fully saturated rings. The van der Waals surface area contributed by atoms with E-state index in [2.05, 4.69) is 20.8 Å². The molecule has 0 heterocycles. The molecule has 0 radical (unpaired) electrons. The Morgan fingerprint density at radius 3 is 2.03 bits per heavy atom. The minimum atomic E-state index is 0.143. The van der Waals surface area contributed by atoms with Gasteiger partial charge in [-0.05, 0) is 93.8 Å². The summed E-state index contributed by atoms with van der Waals surface area (Å²) in [4.78, 5) is 12.8. The van der Waals surface area contributed by atoms with Crippen LogP contribution < -0.4 is 0 Å². The van der Waals surface area contributed by atoms with Gasteiger partial charge in [-0.2, -0.15) is 0 Å². The summed E-state index contributed by atoms with van der Waals surface area (Å²) in [5, 5.41) is 0. The van der Waals surface area contributed by atoms with Crippen molar-refractivity contribution in [2.75, 3.05) is 0 Å². The van der Waals surface area contributed by atoms with E-state index in [1.807, 2.05) is 0 Å².